The molecule has 6 aromatic carbocycles. The van der Waals surface area contributed by atoms with Gasteiger partial charge in [0.1, 0.15) is 42.3 Å². The molecule has 75 heavy (non-hydrogen) atoms. The Hall–Kier alpha value is -6.61. The van der Waals surface area contributed by atoms with Crippen molar-refractivity contribution in [2.45, 2.75) is 29.4 Å². The Bertz CT molecular complexity index is 3890. The predicted molar refractivity (Wildman–Crippen MR) is 261 cm³/mol. The molecule has 0 aliphatic heterocycles. The number of sulfone groups is 1. The molecule has 0 spiro atoms. The maximum Gasteiger partial charge on any atom is 0.296 e. The van der Waals surface area contributed by atoms with Crippen molar-refractivity contribution in [1.82, 2.24) is 0 Å². The highest BCUT2D eigenvalue weighted by Gasteiger charge is 2.28. The van der Waals surface area contributed by atoms with E-state index in [1.807, 2.05) is 0 Å². The molecule has 0 amide bonds. The van der Waals surface area contributed by atoms with Crippen molar-refractivity contribution >= 4 is 148 Å². The number of anilines is 5. The summed E-state index contributed by atoms with van der Waals surface area (Å²) in [5, 5.41) is 60.4. The van der Waals surface area contributed by atoms with Crippen LogP contribution >= 0.6 is 24.4 Å². The number of rotatable bonds is 22. The molecule has 32 nitrogen and oxygen atoms in total. The first-order chi connectivity index (χ1) is 35.0. The first-order valence-electron chi connectivity index (χ1n) is 19.3. The number of phenols is 1. The molecule has 14 N–H and O–H groups in total. The minimum absolute atomic E-state index is 0.0658. The monoisotopic (exact) mass is 1180 g/mol. The van der Waals surface area contributed by atoms with Crippen LogP contribution in [-0.2, 0) is 73.2 Å². The molecule has 0 atom stereocenters. The molecule has 0 aromatic heterocycles. The largest absolute Gasteiger partial charge is 0.505 e. The zero-order valence-electron chi connectivity index (χ0n) is 36.5. The van der Waals surface area contributed by atoms with Crippen molar-refractivity contribution in [2.75, 3.05) is 34.9 Å². The van der Waals surface area contributed by atoms with E-state index in [1.165, 1.54) is 24.3 Å². The fourth-order valence-corrected chi connectivity index (χ4v) is 10.8. The molecule has 6 rings (SSSR count). The van der Waals surface area contributed by atoms with Gasteiger partial charge in [-0.1, -0.05) is 10.1 Å². The van der Waals surface area contributed by atoms with Gasteiger partial charge in [0, 0.05) is 5.69 Å². The number of nitrogen functional groups attached to an aromatic ring is 3. The third-order valence-electron chi connectivity index (χ3n) is 9.48. The number of azo groups is 3. The van der Waals surface area contributed by atoms with Crippen LogP contribution in [-0.4, -0.2) is 88.3 Å². The summed E-state index contributed by atoms with van der Waals surface area (Å²) in [5.74, 6) is -1.92. The van der Waals surface area contributed by atoms with Crippen molar-refractivity contribution < 1.29 is 98.8 Å². The van der Waals surface area contributed by atoms with E-state index in [0.29, 0.717) is 6.07 Å². The topological polar surface area (TPSA) is 523 Å². The second kappa shape index (κ2) is 23.1. The van der Waals surface area contributed by atoms with Gasteiger partial charge in [0.15, 0.2) is 27.9 Å². The molecule has 0 saturated heterocycles. The summed E-state index contributed by atoms with van der Waals surface area (Å²) in [7, 11) is -24.8. The number of hydrogen-bond acceptors (Lipinski definition) is 30. The lowest BCUT2D eigenvalue weighted by Crippen LogP contribution is -2.12. The number of hydrogen-bond donors (Lipinski definition) is 11. The van der Waals surface area contributed by atoms with Crippen LogP contribution in [0.5, 0.6) is 5.75 Å². The number of nitrogens with zero attached hydrogens (tertiary/aromatic N) is 6. The molecule has 0 unspecified atom stereocenters. The summed E-state index contributed by atoms with van der Waals surface area (Å²) in [6.07, 6.45) is 0. The van der Waals surface area contributed by atoms with Gasteiger partial charge in [0.25, 0.3) is 40.5 Å². The molecule has 0 bridgehead atoms. The Morgan fingerprint density at radius 3 is 1.79 bits per heavy atom. The number of phenolic OH excluding ortho intramolecular Hbond substituents is 1. The lowest BCUT2D eigenvalue weighted by atomic mass is 10.1. The molecule has 0 radical (unpaired) electrons. The lowest BCUT2D eigenvalue weighted by molar-refractivity contribution is -0.434. The lowest BCUT2D eigenvalue weighted by Gasteiger charge is -2.14. The molecule has 0 saturated carbocycles. The third-order valence-corrected chi connectivity index (χ3v) is 15.7. The minimum Gasteiger partial charge on any atom is -0.505 e. The Kier molecular flexibility index (Phi) is 17.8. The van der Waals surface area contributed by atoms with Crippen LogP contribution in [0.1, 0.15) is 0 Å². The van der Waals surface area contributed by atoms with Gasteiger partial charge >= 0.3 is 0 Å². The van der Waals surface area contributed by atoms with Crippen LogP contribution in [0.2, 0.25) is 0 Å². The highest BCUT2D eigenvalue weighted by atomic mass is 32.2. The van der Waals surface area contributed by atoms with Gasteiger partial charge in [-0.05, 0) is 90.3 Å². The number of nitrogens with two attached hydrogens (primary N) is 3. The van der Waals surface area contributed by atoms with Gasteiger partial charge in [-0.25, -0.2) is 18.9 Å². The van der Waals surface area contributed by atoms with Crippen LogP contribution in [0.4, 0.5) is 62.6 Å². The highest BCUT2D eigenvalue weighted by molar-refractivity contribution is 7.94. The van der Waals surface area contributed by atoms with E-state index in [4.69, 9.17) is 31.9 Å². The van der Waals surface area contributed by atoms with Crippen molar-refractivity contribution in [1.29, 1.82) is 0 Å². The molecule has 6 aromatic rings. The standard InChI is InChI=1S/C36H32N10O22S7/c37-22-15-23(38)28(72(52,53)54)16-26(22)44-41-19-3-1-18(2-4-19)40-24-7-5-20(13-29(24)73(55,56)57)42-46-35-31(75(61,62)63)12-17-11-27(69-67-65-48)34(33(39)32(17)36(35)47)45-43-25-8-6-21(14-30(25)74(58,59)60)71(50,51)10-9-64-70-68-66-49/h1-8,11-16,40,47-49H,9-10,37-39H2,(H,52,53,54)(H,55,56,57)(H,58,59,60)(H,61,62,63)/b44-41+,45-43+,46-42+. The highest BCUT2D eigenvalue weighted by Crippen LogP contribution is 2.50. The van der Waals surface area contributed by atoms with Crippen LogP contribution < -0.4 is 22.5 Å². The molecule has 39 heteroatoms. The first kappa shape index (κ1) is 57.7. The number of aromatic hydroxyl groups is 1. The smallest absolute Gasteiger partial charge is 0.296 e. The molecule has 0 aliphatic carbocycles. The van der Waals surface area contributed by atoms with Crippen molar-refractivity contribution in [3.8, 4) is 5.75 Å². The fraction of sp³-hybridized carbons (Fsp3) is 0.0556. The second-order valence-corrected chi connectivity index (χ2v) is 23.2. The van der Waals surface area contributed by atoms with Crippen LogP contribution in [0, 0.1) is 0 Å². The number of benzene rings is 6. The van der Waals surface area contributed by atoms with Gasteiger partial charge in [-0.15, -0.1) is 29.1 Å². The SMILES string of the molecule is Nc1cc(N)c(S(=O)(=O)O)cc1/N=N/c1ccc(Nc2ccc(/N=N/c3c(S(=O)(=O)O)cc4cc(SOOO)c(/N=N/c5ccc(S(=O)(=O)CCOSOOO)cc5S(=O)(=O)O)c(N)c4c3O)cc2S(=O)(=O)O)cc1. The zero-order valence-corrected chi connectivity index (χ0v) is 42.2. The fourth-order valence-electron chi connectivity index (χ4n) is 6.22. The first-order valence-corrected chi connectivity index (χ1v) is 28.1. The Labute approximate surface area is 430 Å². The summed E-state index contributed by atoms with van der Waals surface area (Å²) in [5.41, 5.74) is 14.0. The molecule has 0 heterocycles. The Morgan fingerprint density at radius 1 is 0.560 bits per heavy atom. The van der Waals surface area contributed by atoms with Gasteiger partial charge in [-0.3, -0.25) is 22.4 Å². The van der Waals surface area contributed by atoms with E-state index < -0.39 is 127 Å². The van der Waals surface area contributed by atoms with E-state index in [2.05, 4.69) is 54.7 Å². The number of fused-ring (bicyclic) bond motifs is 1. The van der Waals surface area contributed by atoms with Gasteiger partial charge < -0.3 is 27.6 Å². The third kappa shape index (κ3) is 14.2. The van der Waals surface area contributed by atoms with E-state index >= 15 is 0 Å². The van der Waals surface area contributed by atoms with Crippen LogP contribution in [0.15, 0.2) is 145 Å². The van der Waals surface area contributed by atoms with E-state index in [-0.39, 0.29) is 68.8 Å². The molecule has 0 aliphatic rings. The van der Waals surface area contributed by atoms with Crippen LogP contribution in [0.3, 0.4) is 0 Å². The molecule has 0 fully saturated rings. The molecular weight excluding hydrogens is 1150 g/mol. The van der Waals surface area contributed by atoms with Crippen molar-refractivity contribution in [2.24, 2.45) is 30.7 Å². The van der Waals surface area contributed by atoms with Crippen LogP contribution in [0.25, 0.3) is 10.8 Å². The summed E-state index contributed by atoms with van der Waals surface area (Å²) >= 11 is 0.200. The van der Waals surface area contributed by atoms with E-state index in [1.54, 1.807) is 0 Å². The molecule has 400 valence electrons. The Morgan fingerprint density at radius 2 is 1.16 bits per heavy atom. The van der Waals surface area contributed by atoms with E-state index in [9.17, 15) is 65.4 Å². The van der Waals surface area contributed by atoms with Gasteiger partial charge in [0.2, 0.25) is 0 Å². The normalized spacial score (nSPS) is 12.9. The van der Waals surface area contributed by atoms with Gasteiger partial charge in [-0.2, -0.15) is 43.9 Å². The molecular formula is C36H32N10O22S7. The average Bonchev–Trinajstić information content (AvgIpc) is 3.31. The minimum atomic E-state index is -5.35. The van der Waals surface area contributed by atoms with E-state index in [0.717, 1.165) is 54.6 Å². The summed E-state index contributed by atoms with van der Waals surface area (Å²) in [4.78, 5) is -4.69. The average molecular weight is 1180 g/mol. The summed E-state index contributed by atoms with van der Waals surface area (Å²) in [6.45, 7) is -0.570. The van der Waals surface area contributed by atoms with Gasteiger partial charge in [0.05, 0.1) is 73.7 Å². The quantitative estimate of drug-likeness (QED) is 0.00597. The Balaban J connectivity index is 1.36. The number of nitrogens with one attached hydrogen (secondary N) is 1. The van der Waals surface area contributed by atoms with Crippen molar-refractivity contribution in [3.05, 3.63) is 84.9 Å². The predicted octanol–water partition coefficient (Wildman–Crippen LogP) is 7.47. The van der Waals surface area contributed by atoms with Crippen molar-refractivity contribution in [3.63, 3.8) is 0 Å². The maximum absolute atomic E-state index is 12.9. The zero-order chi connectivity index (χ0) is 55.3. The summed E-state index contributed by atoms with van der Waals surface area (Å²) < 4.78 is 178. The second-order valence-electron chi connectivity index (χ2n) is 14.3. The summed E-state index contributed by atoms with van der Waals surface area (Å²) in [6, 6.07) is 14.4. The maximum atomic E-state index is 12.9.